The van der Waals surface area contributed by atoms with E-state index in [0.29, 0.717) is 43.4 Å². The Morgan fingerprint density at radius 1 is 1.13 bits per heavy atom. The molecular formula is C26H46O5. The van der Waals surface area contributed by atoms with Crippen molar-refractivity contribution in [2.75, 3.05) is 0 Å². The van der Waals surface area contributed by atoms with E-state index >= 15 is 0 Å². The largest absolute Gasteiger partial charge is 0.481 e. The fourth-order valence-electron chi connectivity index (χ4n) is 5.54. The number of rotatable bonds is 15. The van der Waals surface area contributed by atoms with Crippen LogP contribution >= 0.6 is 0 Å². The molecule has 1 fully saturated rings. The summed E-state index contributed by atoms with van der Waals surface area (Å²) >= 11 is 0. The van der Waals surface area contributed by atoms with Crippen LogP contribution in [0.25, 0.3) is 0 Å². The fraction of sp³-hybridized carbons (Fsp3) is 0.885. The van der Waals surface area contributed by atoms with E-state index in [4.69, 9.17) is 5.11 Å². The predicted molar refractivity (Wildman–Crippen MR) is 124 cm³/mol. The summed E-state index contributed by atoms with van der Waals surface area (Å²) in [4.78, 5) is 35.5. The Hall–Kier alpha value is -1.23. The van der Waals surface area contributed by atoms with E-state index in [2.05, 4.69) is 34.6 Å². The second-order valence-electron chi connectivity index (χ2n) is 10.5. The van der Waals surface area contributed by atoms with Gasteiger partial charge in [-0.3, -0.25) is 9.59 Å². The summed E-state index contributed by atoms with van der Waals surface area (Å²) in [5.74, 6) is 0.830. The molecule has 0 aromatic rings. The highest BCUT2D eigenvalue weighted by Crippen LogP contribution is 2.48. The fourth-order valence-corrected chi connectivity index (χ4v) is 5.54. The number of aliphatic hydroxyl groups excluding tert-OH is 1. The molecule has 1 aliphatic rings. The van der Waals surface area contributed by atoms with Crippen LogP contribution in [0.15, 0.2) is 0 Å². The molecule has 0 amide bonds. The number of carbonyl (C=O) groups is 3. The Morgan fingerprint density at radius 2 is 1.74 bits per heavy atom. The lowest BCUT2D eigenvalue weighted by molar-refractivity contribution is -0.141. The Bertz CT molecular complexity index is 574. The molecular weight excluding hydrogens is 392 g/mol. The summed E-state index contributed by atoms with van der Waals surface area (Å²) < 4.78 is 0. The molecule has 7 atom stereocenters. The van der Waals surface area contributed by atoms with Gasteiger partial charge in [-0.25, -0.2) is 0 Å². The van der Waals surface area contributed by atoms with Crippen molar-refractivity contribution >= 4 is 18.0 Å². The molecule has 0 aromatic heterocycles. The lowest BCUT2D eigenvalue weighted by Gasteiger charge is -2.46. The highest BCUT2D eigenvalue weighted by Gasteiger charge is 2.47. The van der Waals surface area contributed by atoms with E-state index in [-0.39, 0.29) is 30.5 Å². The second kappa shape index (κ2) is 13.3. The zero-order valence-corrected chi connectivity index (χ0v) is 20.4. The van der Waals surface area contributed by atoms with Crippen LogP contribution in [0.1, 0.15) is 105 Å². The number of aldehydes is 1. The van der Waals surface area contributed by atoms with Crippen LogP contribution in [0, 0.1) is 35.0 Å². The molecule has 1 aliphatic carbocycles. The van der Waals surface area contributed by atoms with Crippen LogP contribution in [-0.2, 0) is 14.4 Å². The van der Waals surface area contributed by atoms with Crippen LogP contribution in [0.5, 0.6) is 0 Å². The molecule has 5 heteroatoms. The van der Waals surface area contributed by atoms with Gasteiger partial charge in [-0.1, -0.05) is 60.3 Å². The Kier molecular flexibility index (Phi) is 12.0. The first kappa shape index (κ1) is 27.8. The third-order valence-corrected chi connectivity index (χ3v) is 8.22. The topological polar surface area (TPSA) is 91.7 Å². The van der Waals surface area contributed by atoms with Crippen LogP contribution in [0.3, 0.4) is 0 Å². The molecule has 3 unspecified atom stereocenters. The average molecular weight is 439 g/mol. The first-order chi connectivity index (χ1) is 14.6. The van der Waals surface area contributed by atoms with Crippen molar-refractivity contribution in [3.05, 3.63) is 0 Å². The predicted octanol–water partition coefficient (Wildman–Crippen LogP) is 5.67. The second-order valence-corrected chi connectivity index (χ2v) is 10.5. The summed E-state index contributed by atoms with van der Waals surface area (Å²) in [6.07, 6.45) is 8.49. The molecule has 1 saturated carbocycles. The van der Waals surface area contributed by atoms with Crippen molar-refractivity contribution in [3.63, 3.8) is 0 Å². The Labute approximate surface area is 189 Å². The number of aliphatic carboxylic acids is 1. The van der Waals surface area contributed by atoms with Crippen LogP contribution < -0.4 is 0 Å². The summed E-state index contributed by atoms with van der Waals surface area (Å²) in [6.45, 7) is 10.8. The number of unbranched alkanes of at least 4 members (excludes halogenated alkanes) is 1. The van der Waals surface area contributed by atoms with E-state index in [1.54, 1.807) is 0 Å². The molecule has 180 valence electrons. The first-order valence-corrected chi connectivity index (χ1v) is 12.4. The zero-order chi connectivity index (χ0) is 23.6. The number of hydrogen-bond acceptors (Lipinski definition) is 4. The van der Waals surface area contributed by atoms with Crippen LogP contribution in [0.4, 0.5) is 0 Å². The van der Waals surface area contributed by atoms with E-state index in [1.165, 1.54) is 0 Å². The summed E-state index contributed by atoms with van der Waals surface area (Å²) in [7, 11) is 0. The van der Waals surface area contributed by atoms with Crippen LogP contribution in [-0.4, -0.2) is 34.4 Å². The average Bonchev–Trinajstić information content (AvgIpc) is 2.72. The number of carboxylic acid groups (broad SMARTS) is 1. The van der Waals surface area contributed by atoms with Gasteiger partial charge in [0.25, 0.3) is 0 Å². The lowest BCUT2D eigenvalue weighted by Crippen LogP contribution is -2.46. The highest BCUT2D eigenvalue weighted by atomic mass is 16.4. The minimum absolute atomic E-state index is 0.158. The van der Waals surface area contributed by atoms with Gasteiger partial charge in [-0.15, -0.1) is 0 Å². The number of aliphatic hydroxyl groups is 1. The van der Waals surface area contributed by atoms with Gasteiger partial charge < -0.3 is 15.0 Å². The summed E-state index contributed by atoms with van der Waals surface area (Å²) in [5.41, 5.74) is -0.462. The maximum absolute atomic E-state index is 13.0. The van der Waals surface area contributed by atoms with Crippen LogP contribution in [0.2, 0.25) is 0 Å². The number of carboxylic acids is 1. The third-order valence-electron chi connectivity index (χ3n) is 8.22. The zero-order valence-electron chi connectivity index (χ0n) is 20.4. The van der Waals surface area contributed by atoms with Gasteiger partial charge in [-0.05, 0) is 55.3 Å². The van der Waals surface area contributed by atoms with Gasteiger partial charge in [0.2, 0.25) is 0 Å². The van der Waals surface area contributed by atoms with Crippen molar-refractivity contribution in [3.8, 4) is 0 Å². The van der Waals surface area contributed by atoms with Gasteiger partial charge in [0.15, 0.2) is 0 Å². The maximum Gasteiger partial charge on any atom is 0.303 e. The molecule has 0 aromatic carbocycles. The standard InChI is InChI=1S/C26H46O5/c1-6-7-8-23(26(5)15-13-21(28)17-24(26)29)22(14-16-27)20(4)10-9-18(2)19(3)11-12-25(30)31/h16,18-23,28H,6-15,17H2,1-5H3,(H,30,31)/t18-,19-,20?,21+,22?,23?,26-/m1/s1. The molecule has 31 heavy (non-hydrogen) atoms. The molecule has 0 heterocycles. The Morgan fingerprint density at radius 3 is 2.29 bits per heavy atom. The number of hydrogen-bond donors (Lipinski definition) is 2. The molecule has 0 aliphatic heterocycles. The van der Waals surface area contributed by atoms with Gasteiger partial charge in [0.05, 0.1) is 6.10 Å². The third kappa shape index (κ3) is 8.32. The van der Waals surface area contributed by atoms with E-state index in [1.807, 2.05) is 0 Å². The number of Topliss-reactive ketones (excluding diaryl/α,β-unsaturated/α-hetero) is 1. The molecule has 5 nitrogen and oxygen atoms in total. The highest BCUT2D eigenvalue weighted by molar-refractivity contribution is 5.86. The Balaban J connectivity index is 2.92. The number of carbonyl (C=O) groups excluding carboxylic acids is 2. The summed E-state index contributed by atoms with van der Waals surface area (Å²) in [6, 6.07) is 0. The first-order valence-electron chi connectivity index (χ1n) is 12.4. The van der Waals surface area contributed by atoms with E-state index < -0.39 is 17.5 Å². The van der Waals surface area contributed by atoms with E-state index in [9.17, 15) is 19.5 Å². The molecule has 0 spiro atoms. The molecule has 0 saturated heterocycles. The van der Waals surface area contributed by atoms with Gasteiger partial charge >= 0.3 is 5.97 Å². The van der Waals surface area contributed by atoms with Gasteiger partial charge in [0, 0.05) is 24.7 Å². The van der Waals surface area contributed by atoms with Crippen molar-refractivity contribution < 1.29 is 24.6 Å². The van der Waals surface area contributed by atoms with Gasteiger partial charge in [0.1, 0.15) is 12.1 Å². The maximum atomic E-state index is 13.0. The lowest BCUT2D eigenvalue weighted by atomic mass is 9.58. The molecule has 1 rings (SSSR count). The minimum atomic E-state index is -0.743. The van der Waals surface area contributed by atoms with Crippen molar-refractivity contribution in [2.24, 2.45) is 35.0 Å². The van der Waals surface area contributed by atoms with Crippen molar-refractivity contribution in [1.29, 1.82) is 0 Å². The molecule has 2 N–H and O–H groups in total. The smallest absolute Gasteiger partial charge is 0.303 e. The quantitative estimate of drug-likeness (QED) is 0.321. The van der Waals surface area contributed by atoms with Gasteiger partial charge in [-0.2, -0.15) is 0 Å². The van der Waals surface area contributed by atoms with E-state index in [0.717, 1.165) is 38.4 Å². The number of ketones is 1. The summed E-state index contributed by atoms with van der Waals surface area (Å²) in [5, 5.41) is 18.9. The molecule has 0 bridgehead atoms. The monoisotopic (exact) mass is 438 g/mol. The van der Waals surface area contributed by atoms with Crippen molar-refractivity contribution in [1.82, 2.24) is 0 Å². The van der Waals surface area contributed by atoms with Crippen molar-refractivity contribution in [2.45, 2.75) is 111 Å². The SMILES string of the molecule is CCCCC(C(CC=O)C(C)CC[C@@H](C)[C@H](C)CCC(=O)O)[C@@]1(C)CC[C@H](O)CC1=O. The minimum Gasteiger partial charge on any atom is -0.481 e. The normalized spacial score (nSPS) is 26.6. The molecule has 0 radical (unpaired) electrons.